The summed E-state index contributed by atoms with van der Waals surface area (Å²) in [4.78, 5) is 31.0. The van der Waals surface area contributed by atoms with Crippen LogP contribution >= 0.6 is 0 Å². The first-order chi connectivity index (χ1) is 12.2. The van der Waals surface area contributed by atoms with Crippen LogP contribution < -0.4 is 5.32 Å². The number of carbonyl (C=O) groups excluding carboxylic acids is 1. The minimum atomic E-state index is -3.40. The molecule has 1 aromatic heterocycles. The van der Waals surface area contributed by atoms with E-state index in [0.29, 0.717) is 16.8 Å². The minimum Gasteiger partial charge on any atom is -0.476 e. The Morgan fingerprint density at radius 3 is 2.62 bits per heavy atom. The predicted octanol–water partition coefficient (Wildman–Crippen LogP) is 0.463. The summed E-state index contributed by atoms with van der Waals surface area (Å²) in [7, 11) is -0.548. The fraction of sp³-hybridized carbons (Fsp3) is 0.250. The fourth-order valence-corrected chi connectivity index (χ4v) is 2.73. The molecule has 2 rings (SSSR count). The summed E-state index contributed by atoms with van der Waals surface area (Å²) in [5.41, 5.74) is 0.933. The van der Waals surface area contributed by atoms with Gasteiger partial charge in [0.15, 0.2) is 5.69 Å². The van der Waals surface area contributed by atoms with Gasteiger partial charge in [-0.1, -0.05) is 12.1 Å². The molecule has 0 aliphatic rings. The topological polar surface area (TPSA) is 130 Å². The van der Waals surface area contributed by atoms with Gasteiger partial charge in [-0.3, -0.25) is 9.78 Å². The molecule has 1 aromatic carbocycles. The molecule has 0 bridgehead atoms. The molecule has 0 spiro atoms. The summed E-state index contributed by atoms with van der Waals surface area (Å²) in [5, 5.41) is 11.5. The van der Waals surface area contributed by atoms with Gasteiger partial charge in [-0.05, 0) is 12.1 Å². The first-order valence-corrected chi connectivity index (χ1v) is 9.16. The minimum absolute atomic E-state index is 0.0299. The maximum absolute atomic E-state index is 12.2. The van der Waals surface area contributed by atoms with Crippen molar-refractivity contribution in [1.82, 2.24) is 19.6 Å². The molecule has 138 valence electrons. The van der Waals surface area contributed by atoms with Gasteiger partial charge in [-0.25, -0.2) is 22.5 Å². The number of nitrogens with zero attached hydrogens (tertiary/aromatic N) is 3. The van der Waals surface area contributed by atoms with E-state index in [-0.39, 0.29) is 18.0 Å². The standard InChI is InChI=1S/C16H18N4O5S/c1-20(2)26(24,25)7-6-18-15(21)12-5-3-4-11(8-12)13-9-17-10-14(19-13)16(22)23/h3-5,8-10H,6-7H2,1-2H3,(H,18,21)(H,22,23). The molecule has 1 heterocycles. The van der Waals surface area contributed by atoms with Crippen LogP contribution in [-0.2, 0) is 10.0 Å². The smallest absolute Gasteiger partial charge is 0.356 e. The number of aromatic nitrogens is 2. The second-order valence-corrected chi connectivity index (χ2v) is 7.83. The van der Waals surface area contributed by atoms with Crippen molar-refractivity contribution in [2.45, 2.75) is 0 Å². The molecule has 0 aliphatic carbocycles. The number of nitrogens with one attached hydrogen (secondary N) is 1. The lowest BCUT2D eigenvalue weighted by molar-refractivity contribution is 0.0689. The molecule has 2 aromatic rings. The molecule has 9 nitrogen and oxygen atoms in total. The van der Waals surface area contributed by atoms with Crippen molar-refractivity contribution >= 4 is 21.9 Å². The van der Waals surface area contributed by atoms with Crippen molar-refractivity contribution < 1.29 is 23.1 Å². The Kier molecular flexibility index (Phi) is 6.01. The number of carboxylic acids is 1. The maximum Gasteiger partial charge on any atom is 0.356 e. The molecular weight excluding hydrogens is 360 g/mol. The van der Waals surface area contributed by atoms with Crippen molar-refractivity contribution in [3.8, 4) is 11.3 Å². The van der Waals surface area contributed by atoms with E-state index < -0.39 is 21.9 Å². The molecule has 1 amide bonds. The molecule has 0 radical (unpaired) electrons. The molecule has 0 saturated carbocycles. The molecule has 0 saturated heterocycles. The van der Waals surface area contributed by atoms with Crippen molar-refractivity contribution in [3.63, 3.8) is 0 Å². The van der Waals surface area contributed by atoms with Crippen LogP contribution in [0.15, 0.2) is 36.7 Å². The van der Waals surface area contributed by atoms with Gasteiger partial charge in [0.1, 0.15) is 0 Å². The van der Waals surface area contributed by atoms with Crippen LogP contribution in [0.3, 0.4) is 0 Å². The third-order valence-corrected chi connectivity index (χ3v) is 5.31. The number of carbonyl (C=O) groups is 2. The van der Waals surface area contributed by atoms with Crippen molar-refractivity contribution in [1.29, 1.82) is 0 Å². The third kappa shape index (κ3) is 4.83. The zero-order valence-electron chi connectivity index (χ0n) is 14.2. The molecule has 0 unspecified atom stereocenters. The Hall–Kier alpha value is -2.85. The lowest BCUT2D eigenvalue weighted by Crippen LogP contribution is -2.33. The highest BCUT2D eigenvalue weighted by molar-refractivity contribution is 7.89. The Bertz CT molecular complexity index is 928. The SMILES string of the molecule is CN(C)S(=O)(=O)CCNC(=O)c1cccc(-c2cncc(C(=O)O)n2)c1. The van der Waals surface area contributed by atoms with Crippen LogP contribution in [0.1, 0.15) is 20.8 Å². The van der Waals surface area contributed by atoms with Gasteiger partial charge in [-0.2, -0.15) is 0 Å². The largest absolute Gasteiger partial charge is 0.476 e. The number of amides is 1. The van der Waals surface area contributed by atoms with Crippen molar-refractivity contribution in [3.05, 3.63) is 47.9 Å². The van der Waals surface area contributed by atoms with E-state index in [1.54, 1.807) is 18.2 Å². The normalized spacial score (nSPS) is 11.3. The van der Waals surface area contributed by atoms with Gasteiger partial charge in [0, 0.05) is 31.8 Å². The van der Waals surface area contributed by atoms with Crippen LogP contribution in [0.4, 0.5) is 0 Å². The number of sulfonamides is 1. The first kappa shape index (κ1) is 19.5. The lowest BCUT2D eigenvalue weighted by Gasteiger charge is -2.12. The molecule has 0 atom stereocenters. The molecule has 0 aliphatic heterocycles. The second kappa shape index (κ2) is 8.02. The van der Waals surface area contributed by atoms with Gasteiger partial charge in [0.25, 0.3) is 5.91 Å². The molecule has 2 N–H and O–H groups in total. The Balaban J connectivity index is 2.12. The molecule has 26 heavy (non-hydrogen) atoms. The lowest BCUT2D eigenvalue weighted by atomic mass is 10.1. The van der Waals surface area contributed by atoms with E-state index in [1.165, 1.54) is 26.4 Å². The average molecular weight is 378 g/mol. The number of hydrogen-bond acceptors (Lipinski definition) is 6. The Morgan fingerprint density at radius 1 is 1.23 bits per heavy atom. The third-order valence-electron chi connectivity index (χ3n) is 3.48. The zero-order valence-corrected chi connectivity index (χ0v) is 15.0. The second-order valence-electron chi connectivity index (χ2n) is 5.53. The predicted molar refractivity (Wildman–Crippen MR) is 94.2 cm³/mol. The van der Waals surface area contributed by atoms with Crippen molar-refractivity contribution in [2.24, 2.45) is 0 Å². The fourth-order valence-electron chi connectivity index (χ4n) is 2.01. The van der Waals surface area contributed by atoms with Gasteiger partial charge in [0.05, 0.1) is 23.8 Å². The monoisotopic (exact) mass is 378 g/mol. The van der Waals surface area contributed by atoms with Crippen LogP contribution in [0.25, 0.3) is 11.3 Å². The number of benzene rings is 1. The average Bonchev–Trinajstić information content (AvgIpc) is 2.61. The summed E-state index contributed by atoms with van der Waals surface area (Å²) in [6, 6.07) is 6.39. The zero-order chi connectivity index (χ0) is 19.3. The number of hydrogen-bond donors (Lipinski definition) is 2. The van der Waals surface area contributed by atoms with Gasteiger partial charge in [-0.15, -0.1) is 0 Å². The van der Waals surface area contributed by atoms with Crippen LogP contribution in [-0.4, -0.2) is 66.1 Å². The summed E-state index contributed by atoms with van der Waals surface area (Å²) >= 11 is 0. The molecule has 10 heteroatoms. The summed E-state index contributed by atoms with van der Waals surface area (Å²) in [5.74, 6) is -1.85. The number of rotatable bonds is 7. The molecular formula is C16H18N4O5S. The Morgan fingerprint density at radius 2 is 1.96 bits per heavy atom. The van der Waals surface area contributed by atoms with E-state index in [9.17, 15) is 18.0 Å². The first-order valence-electron chi connectivity index (χ1n) is 7.55. The van der Waals surface area contributed by atoms with Gasteiger partial charge in [0.2, 0.25) is 10.0 Å². The van der Waals surface area contributed by atoms with Gasteiger partial charge >= 0.3 is 5.97 Å². The van der Waals surface area contributed by atoms with E-state index in [2.05, 4.69) is 15.3 Å². The van der Waals surface area contributed by atoms with Crippen LogP contribution in [0.2, 0.25) is 0 Å². The quantitative estimate of drug-likeness (QED) is 0.716. The van der Waals surface area contributed by atoms with Gasteiger partial charge < -0.3 is 10.4 Å². The van der Waals surface area contributed by atoms with Crippen LogP contribution in [0.5, 0.6) is 0 Å². The van der Waals surface area contributed by atoms with Crippen LogP contribution in [0, 0.1) is 0 Å². The summed E-state index contributed by atoms with van der Waals surface area (Å²) < 4.78 is 24.5. The highest BCUT2D eigenvalue weighted by Gasteiger charge is 2.15. The highest BCUT2D eigenvalue weighted by atomic mass is 32.2. The van der Waals surface area contributed by atoms with E-state index in [0.717, 1.165) is 10.5 Å². The maximum atomic E-state index is 12.2. The Labute approximate surface area is 150 Å². The highest BCUT2D eigenvalue weighted by Crippen LogP contribution is 2.18. The van der Waals surface area contributed by atoms with E-state index in [4.69, 9.17) is 5.11 Å². The number of carboxylic acid groups (broad SMARTS) is 1. The molecule has 0 fully saturated rings. The van der Waals surface area contributed by atoms with E-state index >= 15 is 0 Å². The summed E-state index contributed by atoms with van der Waals surface area (Å²) in [6.07, 6.45) is 2.53. The number of aromatic carboxylic acids is 1. The van der Waals surface area contributed by atoms with E-state index in [1.807, 2.05) is 0 Å². The summed E-state index contributed by atoms with van der Waals surface area (Å²) in [6.45, 7) is -0.0299. The van der Waals surface area contributed by atoms with Crippen molar-refractivity contribution in [2.75, 3.05) is 26.4 Å².